The molecule has 3 heteroatoms. The maximum absolute atomic E-state index is 10.1. The number of hydrogen-bond donors (Lipinski definition) is 3. The molecule has 0 aliphatic carbocycles. The summed E-state index contributed by atoms with van der Waals surface area (Å²) in [5.74, 6) is 0.109. The topological polar surface area (TPSA) is 57.1 Å². The van der Waals surface area contributed by atoms with Crippen molar-refractivity contribution in [1.29, 1.82) is 0 Å². The van der Waals surface area contributed by atoms with E-state index in [1.165, 1.54) is 16.7 Å². The van der Waals surface area contributed by atoms with Crippen LogP contribution in [-0.4, -0.2) is 16.8 Å². The lowest BCUT2D eigenvalue weighted by Crippen LogP contribution is -2.88. The van der Waals surface area contributed by atoms with E-state index in [0.717, 1.165) is 24.1 Å². The van der Waals surface area contributed by atoms with Gasteiger partial charge < -0.3 is 15.5 Å². The van der Waals surface area contributed by atoms with Gasteiger partial charge in [0.2, 0.25) is 0 Å². The molecule has 1 aliphatic rings. The molecule has 0 fully saturated rings. The van der Waals surface area contributed by atoms with E-state index in [2.05, 4.69) is 60.8 Å². The lowest BCUT2D eigenvalue weighted by atomic mass is 9.77. The van der Waals surface area contributed by atoms with Crippen LogP contribution in [0.4, 0.5) is 0 Å². The van der Waals surface area contributed by atoms with Crippen LogP contribution in [-0.2, 0) is 6.42 Å². The normalized spacial score (nSPS) is 17.5. The predicted octanol–water partition coefficient (Wildman–Crippen LogP) is 3.40. The van der Waals surface area contributed by atoms with Crippen molar-refractivity contribution in [3.8, 4) is 11.5 Å². The van der Waals surface area contributed by atoms with Crippen LogP contribution in [0.15, 0.2) is 66.7 Å². The first-order valence-corrected chi connectivity index (χ1v) is 9.13. The maximum atomic E-state index is 10.1. The van der Waals surface area contributed by atoms with Gasteiger partial charge >= 0.3 is 0 Å². The number of fused-ring (bicyclic) bond motifs is 1. The first kappa shape index (κ1) is 16.7. The zero-order valence-corrected chi connectivity index (χ0v) is 14.9. The number of benzene rings is 3. The zero-order chi connectivity index (χ0) is 18.1. The summed E-state index contributed by atoms with van der Waals surface area (Å²) >= 11 is 0. The molecule has 0 aromatic heterocycles. The fourth-order valence-electron chi connectivity index (χ4n) is 4.20. The zero-order valence-electron chi connectivity index (χ0n) is 14.9. The highest BCUT2D eigenvalue weighted by Gasteiger charge is 2.34. The number of hydrogen-bond acceptors (Lipinski definition) is 2. The molecular weight excluding hydrogens is 322 g/mol. The second-order valence-corrected chi connectivity index (χ2v) is 7.08. The Morgan fingerprint density at radius 3 is 2.38 bits per heavy atom. The number of phenolic OH excluding ortho intramolecular Hbond substituents is 2. The highest BCUT2D eigenvalue weighted by molar-refractivity contribution is 5.49. The van der Waals surface area contributed by atoms with Crippen LogP contribution >= 0.6 is 0 Å². The fraction of sp³-hybridized carbons (Fsp3) is 0.217. The Kier molecular flexibility index (Phi) is 4.39. The van der Waals surface area contributed by atoms with Gasteiger partial charge in [-0.05, 0) is 41.3 Å². The molecule has 26 heavy (non-hydrogen) atoms. The van der Waals surface area contributed by atoms with Crippen molar-refractivity contribution in [1.82, 2.24) is 0 Å². The van der Waals surface area contributed by atoms with Crippen LogP contribution in [0.3, 0.4) is 0 Å². The average molecular weight is 346 g/mol. The largest absolute Gasteiger partial charge is 0.504 e. The number of quaternary nitrogens is 1. The minimum atomic E-state index is -0.0411. The van der Waals surface area contributed by atoms with E-state index < -0.39 is 0 Å². The Labute approximate surface area is 154 Å². The van der Waals surface area contributed by atoms with Crippen LogP contribution in [0.1, 0.15) is 39.8 Å². The van der Waals surface area contributed by atoms with Gasteiger partial charge in [0.15, 0.2) is 11.5 Å². The van der Waals surface area contributed by atoms with E-state index >= 15 is 0 Å². The van der Waals surface area contributed by atoms with Gasteiger partial charge in [-0.2, -0.15) is 0 Å². The third-order valence-electron chi connectivity index (χ3n) is 5.47. The van der Waals surface area contributed by atoms with Gasteiger partial charge in [0.25, 0.3) is 0 Å². The van der Waals surface area contributed by atoms with Crippen LogP contribution in [0.25, 0.3) is 0 Å². The van der Waals surface area contributed by atoms with Crippen LogP contribution < -0.4 is 5.32 Å². The van der Waals surface area contributed by atoms with Crippen molar-refractivity contribution in [3.63, 3.8) is 0 Å². The van der Waals surface area contributed by atoms with E-state index in [9.17, 15) is 10.2 Å². The predicted molar refractivity (Wildman–Crippen MR) is 102 cm³/mol. The van der Waals surface area contributed by atoms with E-state index in [0.29, 0.717) is 0 Å². The summed E-state index contributed by atoms with van der Waals surface area (Å²) in [4.78, 5) is 0. The van der Waals surface area contributed by atoms with E-state index in [4.69, 9.17) is 0 Å². The van der Waals surface area contributed by atoms with Gasteiger partial charge in [-0.3, -0.25) is 0 Å². The number of rotatable bonds is 3. The number of nitrogens with two attached hydrogens (primary N) is 1. The summed E-state index contributed by atoms with van der Waals surface area (Å²) in [5, 5.41) is 22.4. The smallest absolute Gasteiger partial charge is 0.157 e. The van der Waals surface area contributed by atoms with Gasteiger partial charge in [-0.15, -0.1) is 0 Å². The average Bonchev–Trinajstić information content (AvgIpc) is 2.66. The lowest BCUT2D eigenvalue weighted by Gasteiger charge is -2.32. The molecule has 0 amide bonds. The minimum Gasteiger partial charge on any atom is -0.504 e. The minimum absolute atomic E-state index is 0.0310. The standard InChI is InChI=1S/C23H23NO2/c1-15-7-5-6-10-18(15)22(16-8-3-2-4-9-16)23-19-14-21(26)20(25)13-17(19)11-12-24-23/h2-10,13-14,22-26H,11-12H2,1H3/p+1/t22-,23-/m1/s1. The highest BCUT2D eigenvalue weighted by Crippen LogP contribution is 2.41. The summed E-state index contributed by atoms with van der Waals surface area (Å²) in [7, 11) is 0. The Bertz CT molecular complexity index is 921. The molecule has 1 aliphatic heterocycles. The van der Waals surface area contributed by atoms with Gasteiger partial charge in [0.05, 0.1) is 12.5 Å². The summed E-state index contributed by atoms with van der Waals surface area (Å²) in [5.41, 5.74) is 6.08. The maximum Gasteiger partial charge on any atom is 0.157 e. The molecule has 4 rings (SSSR count). The SMILES string of the molecule is Cc1ccccc1[C@@H](c1ccccc1)[C@@H]1[NH2+]CCc2cc(O)c(O)cc21. The van der Waals surface area contributed by atoms with Crippen LogP contribution in [0, 0.1) is 6.92 Å². The Morgan fingerprint density at radius 2 is 1.62 bits per heavy atom. The summed E-state index contributed by atoms with van der Waals surface area (Å²) in [6.07, 6.45) is 0.898. The third kappa shape index (κ3) is 2.95. The molecule has 0 saturated heterocycles. The third-order valence-corrected chi connectivity index (χ3v) is 5.47. The second kappa shape index (κ2) is 6.85. The fourth-order valence-corrected chi connectivity index (χ4v) is 4.20. The van der Waals surface area contributed by atoms with Gasteiger partial charge in [-0.25, -0.2) is 0 Å². The molecule has 3 nitrogen and oxygen atoms in total. The monoisotopic (exact) mass is 346 g/mol. The Morgan fingerprint density at radius 1 is 0.923 bits per heavy atom. The van der Waals surface area contributed by atoms with E-state index in [1.54, 1.807) is 12.1 Å². The number of aromatic hydroxyl groups is 2. The van der Waals surface area contributed by atoms with Crippen molar-refractivity contribution >= 4 is 0 Å². The van der Waals surface area contributed by atoms with E-state index in [1.807, 2.05) is 6.07 Å². The molecule has 1 heterocycles. The lowest BCUT2D eigenvalue weighted by molar-refractivity contribution is -0.701. The van der Waals surface area contributed by atoms with Crippen molar-refractivity contribution in [2.24, 2.45) is 0 Å². The number of phenols is 2. The summed E-state index contributed by atoms with van der Waals surface area (Å²) in [6.45, 7) is 3.13. The van der Waals surface area contributed by atoms with Gasteiger partial charge in [0.1, 0.15) is 6.04 Å². The molecule has 0 spiro atoms. The molecule has 4 N–H and O–H groups in total. The first-order valence-electron chi connectivity index (χ1n) is 9.13. The van der Waals surface area contributed by atoms with E-state index in [-0.39, 0.29) is 23.5 Å². The van der Waals surface area contributed by atoms with Crippen molar-refractivity contribution < 1.29 is 15.5 Å². The molecule has 3 aromatic carbocycles. The Balaban J connectivity index is 1.89. The molecule has 0 saturated carbocycles. The molecule has 0 bridgehead atoms. The number of aryl methyl sites for hydroxylation is 1. The first-order chi connectivity index (χ1) is 12.6. The van der Waals surface area contributed by atoms with Crippen molar-refractivity contribution in [2.45, 2.75) is 25.3 Å². The van der Waals surface area contributed by atoms with Gasteiger partial charge in [-0.1, -0.05) is 54.6 Å². The highest BCUT2D eigenvalue weighted by atomic mass is 16.3. The quantitative estimate of drug-likeness (QED) is 0.637. The van der Waals surface area contributed by atoms with Crippen molar-refractivity contribution in [3.05, 3.63) is 94.5 Å². The molecule has 0 radical (unpaired) electrons. The molecular formula is C23H24NO2+. The summed E-state index contributed by atoms with van der Waals surface area (Å²) in [6, 6.07) is 22.7. The van der Waals surface area contributed by atoms with Crippen LogP contribution in [0.5, 0.6) is 11.5 Å². The van der Waals surface area contributed by atoms with Gasteiger partial charge in [0, 0.05) is 12.0 Å². The second-order valence-electron chi connectivity index (χ2n) is 7.08. The molecule has 0 unspecified atom stereocenters. The molecule has 3 aromatic rings. The molecule has 132 valence electrons. The molecule has 2 atom stereocenters. The van der Waals surface area contributed by atoms with Crippen molar-refractivity contribution in [2.75, 3.05) is 6.54 Å². The summed E-state index contributed by atoms with van der Waals surface area (Å²) < 4.78 is 0. The van der Waals surface area contributed by atoms with Crippen LogP contribution in [0.2, 0.25) is 0 Å². The Hall–Kier alpha value is -2.78.